The van der Waals surface area contributed by atoms with Gasteiger partial charge in [-0.2, -0.15) is 0 Å². The van der Waals surface area contributed by atoms with Crippen LogP contribution in [0.3, 0.4) is 0 Å². The molecule has 0 amide bonds. The quantitative estimate of drug-likeness (QED) is 0.852. The lowest BCUT2D eigenvalue weighted by Gasteiger charge is -2.13. The zero-order valence-electron chi connectivity index (χ0n) is 12.9. The first kappa shape index (κ1) is 16.4. The summed E-state index contributed by atoms with van der Waals surface area (Å²) in [6.07, 6.45) is 1.31. The number of sulfonamides is 1. The second-order valence-electron chi connectivity index (χ2n) is 5.04. The molecule has 0 unspecified atom stereocenters. The molecule has 0 aliphatic carbocycles. The van der Waals surface area contributed by atoms with Crippen LogP contribution in [0.15, 0.2) is 48.5 Å². The standard InChI is InChI=1S/C17H21NO3S/c1-3-14-9-10-17(21-2)16(13-14)18-22(19,20)12-11-15-7-5-4-6-8-15/h4-10,13,18H,3,11-12H2,1-2H3. The predicted octanol–water partition coefficient (Wildman–Crippen LogP) is 3.24. The Labute approximate surface area is 132 Å². The molecule has 0 aromatic heterocycles. The molecule has 2 aromatic rings. The van der Waals surface area contributed by atoms with E-state index in [1.807, 2.05) is 49.4 Å². The second-order valence-corrected chi connectivity index (χ2v) is 6.89. The third kappa shape index (κ3) is 4.49. The summed E-state index contributed by atoms with van der Waals surface area (Å²) in [5.74, 6) is 0.566. The maximum atomic E-state index is 12.3. The molecule has 0 saturated carbocycles. The lowest BCUT2D eigenvalue weighted by atomic mass is 10.1. The van der Waals surface area contributed by atoms with Crippen LogP contribution in [0.25, 0.3) is 0 Å². The van der Waals surface area contributed by atoms with Crippen LogP contribution in [0.5, 0.6) is 5.75 Å². The Morgan fingerprint density at radius 2 is 1.77 bits per heavy atom. The Kier molecular flexibility index (Phi) is 5.44. The van der Waals surface area contributed by atoms with Gasteiger partial charge in [0.1, 0.15) is 5.75 Å². The van der Waals surface area contributed by atoms with Crippen LogP contribution < -0.4 is 9.46 Å². The summed E-state index contributed by atoms with van der Waals surface area (Å²) in [6.45, 7) is 2.02. The summed E-state index contributed by atoms with van der Waals surface area (Å²) in [4.78, 5) is 0. The van der Waals surface area contributed by atoms with Gasteiger partial charge in [-0.3, -0.25) is 4.72 Å². The highest BCUT2D eigenvalue weighted by atomic mass is 32.2. The van der Waals surface area contributed by atoms with E-state index >= 15 is 0 Å². The van der Waals surface area contributed by atoms with E-state index in [0.717, 1.165) is 17.5 Å². The lowest BCUT2D eigenvalue weighted by Crippen LogP contribution is -2.18. The molecular formula is C17H21NO3S. The number of ether oxygens (including phenoxy) is 1. The van der Waals surface area contributed by atoms with Crippen molar-refractivity contribution in [3.8, 4) is 5.75 Å². The van der Waals surface area contributed by atoms with Crippen LogP contribution >= 0.6 is 0 Å². The zero-order chi connectivity index (χ0) is 16.0. The molecule has 0 aliphatic rings. The van der Waals surface area contributed by atoms with Gasteiger partial charge >= 0.3 is 0 Å². The Hall–Kier alpha value is -2.01. The molecule has 0 spiro atoms. The number of anilines is 1. The molecule has 0 aliphatic heterocycles. The summed E-state index contributed by atoms with van der Waals surface area (Å²) < 4.78 is 32.4. The van der Waals surface area contributed by atoms with E-state index in [1.54, 1.807) is 6.07 Å². The van der Waals surface area contributed by atoms with Crippen LogP contribution in [0.2, 0.25) is 0 Å². The van der Waals surface area contributed by atoms with Crippen molar-refractivity contribution < 1.29 is 13.2 Å². The van der Waals surface area contributed by atoms with Crippen LogP contribution in [0.4, 0.5) is 5.69 Å². The molecule has 2 aromatic carbocycles. The minimum Gasteiger partial charge on any atom is -0.495 e. The van der Waals surface area contributed by atoms with Gasteiger partial charge in [-0.1, -0.05) is 43.3 Å². The highest BCUT2D eigenvalue weighted by Gasteiger charge is 2.14. The highest BCUT2D eigenvalue weighted by molar-refractivity contribution is 7.92. The molecule has 5 heteroatoms. The van der Waals surface area contributed by atoms with Gasteiger partial charge < -0.3 is 4.74 Å². The minimum atomic E-state index is -3.42. The smallest absolute Gasteiger partial charge is 0.233 e. The first-order valence-electron chi connectivity index (χ1n) is 7.25. The van der Waals surface area contributed by atoms with Gasteiger partial charge in [0.25, 0.3) is 0 Å². The van der Waals surface area contributed by atoms with Crippen molar-refractivity contribution in [3.05, 3.63) is 59.7 Å². The van der Waals surface area contributed by atoms with Crippen LogP contribution in [0, 0.1) is 0 Å². The van der Waals surface area contributed by atoms with Crippen molar-refractivity contribution in [2.45, 2.75) is 19.8 Å². The van der Waals surface area contributed by atoms with Crippen molar-refractivity contribution in [3.63, 3.8) is 0 Å². The summed E-state index contributed by atoms with van der Waals surface area (Å²) in [7, 11) is -1.89. The molecule has 0 bridgehead atoms. The largest absolute Gasteiger partial charge is 0.495 e. The van der Waals surface area contributed by atoms with Gasteiger partial charge in [-0.05, 0) is 36.1 Å². The van der Waals surface area contributed by atoms with Crippen LogP contribution in [-0.2, 0) is 22.9 Å². The molecule has 118 valence electrons. The van der Waals surface area contributed by atoms with Gasteiger partial charge in [0, 0.05) is 0 Å². The first-order valence-corrected chi connectivity index (χ1v) is 8.90. The Morgan fingerprint density at radius 3 is 2.41 bits per heavy atom. The van der Waals surface area contributed by atoms with Gasteiger partial charge in [0.15, 0.2) is 0 Å². The maximum Gasteiger partial charge on any atom is 0.233 e. The Balaban J connectivity index is 2.11. The average molecular weight is 319 g/mol. The summed E-state index contributed by atoms with van der Waals surface area (Å²) in [5, 5.41) is 0. The topological polar surface area (TPSA) is 55.4 Å². The van der Waals surface area contributed by atoms with Gasteiger partial charge in [-0.25, -0.2) is 8.42 Å². The molecule has 0 atom stereocenters. The SMILES string of the molecule is CCc1ccc(OC)c(NS(=O)(=O)CCc2ccccc2)c1. The number of rotatable bonds is 7. The van der Waals surface area contributed by atoms with E-state index in [9.17, 15) is 8.42 Å². The molecular weight excluding hydrogens is 298 g/mol. The first-order chi connectivity index (χ1) is 10.5. The van der Waals surface area contributed by atoms with Crippen molar-refractivity contribution >= 4 is 15.7 Å². The lowest BCUT2D eigenvalue weighted by molar-refractivity contribution is 0.416. The van der Waals surface area contributed by atoms with Crippen molar-refractivity contribution in [1.29, 1.82) is 0 Å². The molecule has 2 rings (SSSR count). The van der Waals surface area contributed by atoms with Crippen molar-refractivity contribution in [2.75, 3.05) is 17.6 Å². The van der Waals surface area contributed by atoms with E-state index in [1.165, 1.54) is 7.11 Å². The molecule has 4 nitrogen and oxygen atoms in total. The predicted molar refractivity (Wildman–Crippen MR) is 89.9 cm³/mol. The Bertz CT molecular complexity index is 712. The van der Waals surface area contributed by atoms with Crippen LogP contribution in [0.1, 0.15) is 18.1 Å². The van der Waals surface area contributed by atoms with Crippen LogP contribution in [-0.4, -0.2) is 21.3 Å². The molecule has 0 heterocycles. The van der Waals surface area contributed by atoms with E-state index in [4.69, 9.17) is 4.74 Å². The third-order valence-electron chi connectivity index (χ3n) is 3.44. The average Bonchev–Trinajstić information content (AvgIpc) is 2.53. The summed E-state index contributed by atoms with van der Waals surface area (Å²) in [5.41, 5.74) is 2.55. The minimum absolute atomic E-state index is 0.0382. The number of nitrogens with one attached hydrogen (secondary N) is 1. The van der Waals surface area contributed by atoms with E-state index in [-0.39, 0.29) is 5.75 Å². The van der Waals surface area contributed by atoms with Gasteiger partial charge in [0.05, 0.1) is 18.6 Å². The zero-order valence-corrected chi connectivity index (χ0v) is 13.7. The normalized spacial score (nSPS) is 11.2. The molecule has 0 fully saturated rings. The van der Waals surface area contributed by atoms with Gasteiger partial charge in [-0.15, -0.1) is 0 Å². The fourth-order valence-corrected chi connectivity index (χ4v) is 3.27. The third-order valence-corrected chi connectivity index (χ3v) is 4.71. The van der Waals surface area contributed by atoms with E-state index < -0.39 is 10.0 Å². The number of methoxy groups -OCH3 is 1. The number of aryl methyl sites for hydroxylation is 2. The van der Waals surface area contributed by atoms with E-state index in [0.29, 0.717) is 17.9 Å². The fourth-order valence-electron chi connectivity index (χ4n) is 2.17. The molecule has 22 heavy (non-hydrogen) atoms. The Morgan fingerprint density at radius 1 is 1.05 bits per heavy atom. The summed E-state index contributed by atoms with van der Waals surface area (Å²) in [6, 6.07) is 15.1. The number of hydrogen-bond donors (Lipinski definition) is 1. The number of hydrogen-bond acceptors (Lipinski definition) is 3. The van der Waals surface area contributed by atoms with E-state index in [2.05, 4.69) is 4.72 Å². The number of benzene rings is 2. The molecule has 0 radical (unpaired) electrons. The van der Waals surface area contributed by atoms with Crippen molar-refractivity contribution in [2.24, 2.45) is 0 Å². The molecule has 0 saturated heterocycles. The second kappa shape index (κ2) is 7.31. The van der Waals surface area contributed by atoms with Crippen molar-refractivity contribution in [1.82, 2.24) is 0 Å². The summed E-state index contributed by atoms with van der Waals surface area (Å²) >= 11 is 0. The fraction of sp³-hybridized carbons (Fsp3) is 0.294. The highest BCUT2D eigenvalue weighted by Crippen LogP contribution is 2.26. The van der Waals surface area contributed by atoms with Gasteiger partial charge in [0.2, 0.25) is 10.0 Å². The maximum absolute atomic E-state index is 12.3. The molecule has 1 N–H and O–H groups in total. The monoisotopic (exact) mass is 319 g/mol.